The van der Waals surface area contributed by atoms with Crippen molar-refractivity contribution < 1.29 is 13.7 Å². The predicted molar refractivity (Wildman–Crippen MR) is 513 cm³/mol. The topological polar surface area (TPSA) is 77.0 Å². The molecule has 5 nitrogen and oxygen atoms in total. The molecule has 0 saturated carbocycles. The minimum Gasteiger partial charge on any atom is -0.319 e. The van der Waals surface area contributed by atoms with Gasteiger partial charge in [0, 0.05) is 73.6 Å². The highest BCUT2D eigenvalue weighted by molar-refractivity contribution is 7.79. The maximum absolute atomic E-state index is 13.1. The van der Waals surface area contributed by atoms with Gasteiger partial charge in [-0.15, -0.1) is 34.0 Å². The quantitative estimate of drug-likeness (QED) is 0.0861. The van der Waals surface area contributed by atoms with Crippen LogP contribution in [-0.4, -0.2) is 69.6 Å². The minimum atomic E-state index is -2.40. The van der Waals surface area contributed by atoms with Gasteiger partial charge in [-0.25, -0.2) is 9.97 Å². The van der Waals surface area contributed by atoms with E-state index >= 15 is 0 Å². The second-order valence-corrected chi connectivity index (χ2v) is 48.7. The van der Waals surface area contributed by atoms with Crippen molar-refractivity contribution >= 4 is 185 Å². The Kier molecular flexibility index (Phi) is 19.0. The van der Waals surface area contributed by atoms with E-state index in [2.05, 4.69) is 316 Å². The van der Waals surface area contributed by atoms with E-state index in [1.165, 1.54) is 112 Å². The summed E-state index contributed by atoms with van der Waals surface area (Å²) >= 11 is 5.69. The molecule has 0 N–H and O–H groups in total. The van der Waals surface area contributed by atoms with Crippen LogP contribution in [-0.2, 0) is 19.1 Å². The molecule has 20 aromatic rings. The highest BCUT2D eigenvalue weighted by Crippen LogP contribution is 2.65. The molecule has 0 saturated heterocycles. The van der Waals surface area contributed by atoms with Gasteiger partial charge in [-0.05, 0) is 212 Å². The Morgan fingerprint density at radius 1 is 0.293 bits per heavy atom. The number of hydrogen-bond donors (Lipinski definition) is 0. The highest BCUT2D eigenvalue weighted by Gasteiger charge is 2.52. The molecule has 0 fully saturated rings. The molecule has 5 heterocycles. The van der Waals surface area contributed by atoms with Crippen molar-refractivity contribution in [2.24, 2.45) is 0 Å². The minimum absolute atomic E-state index is 0.389. The van der Waals surface area contributed by atoms with Gasteiger partial charge in [0.05, 0.1) is 36.9 Å². The van der Waals surface area contributed by atoms with E-state index in [-0.39, 0.29) is 5.41 Å². The van der Waals surface area contributed by atoms with Gasteiger partial charge in [0.2, 0.25) is 0 Å². The van der Waals surface area contributed by atoms with Crippen LogP contribution in [0.5, 0.6) is 0 Å². The van der Waals surface area contributed by atoms with E-state index in [9.17, 15) is 13.7 Å². The molecule has 116 heavy (non-hydrogen) atoms. The number of para-hydroxylation sites is 2. The third kappa shape index (κ3) is 13.3. The molecule has 2 aliphatic carbocycles. The lowest BCUT2D eigenvalue weighted by molar-refractivity contribution is 0.587. The molecule has 0 unspecified atom stereocenters. The molecule has 1 spiro atoms. The lowest BCUT2D eigenvalue weighted by Gasteiger charge is -2.30. The Balaban J connectivity index is 0.000000106. The molecule has 12 heteroatoms. The van der Waals surface area contributed by atoms with Crippen LogP contribution >= 0.6 is 62.3 Å². The second-order valence-electron chi connectivity index (χ2n) is 32.1. The molecule has 0 radical (unpaired) electrons. The Bertz CT molecular complexity index is 7570. The lowest BCUT2D eigenvalue weighted by Crippen LogP contribution is -2.25. The summed E-state index contributed by atoms with van der Waals surface area (Å²) in [6, 6.07) is 118. The van der Waals surface area contributed by atoms with Crippen LogP contribution in [0.25, 0.3) is 161 Å². The van der Waals surface area contributed by atoms with Crippen LogP contribution in [0.1, 0.15) is 22.3 Å². The number of aromatic nitrogens is 2. The summed E-state index contributed by atoms with van der Waals surface area (Å²) in [4.78, 5) is 11.4. The summed E-state index contributed by atoms with van der Waals surface area (Å²) in [6.07, 6.45) is 4.36. The zero-order valence-electron chi connectivity index (χ0n) is 65.7. The molecular formula is C104H82N2O3P4S3. The fourth-order valence-electron chi connectivity index (χ4n) is 17.4. The largest absolute Gasteiger partial charge is 0.319 e. The lowest BCUT2D eigenvalue weighted by atomic mass is 9.70. The van der Waals surface area contributed by atoms with Crippen molar-refractivity contribution in [2.45, 2.75) is 5.41 Å². The number of rotatable bonds is 8. The Hall–Kier alpha value is -11.0. The van der Waals surface area contributed by atoms with Crippen LogP contribution in [0.2, 0.25) is 0 Å². The van der Waals surface area contributed by atoms with E-state index < -0.39 is 28.3 Å². The average Bonchev–Trinajstić information content (AvgIpc) is 1.50. The van der Waals surface area contributed by atoms with Crippen LogP contribution in [0.15, 0.2) is 339 Å². The summed E-state index contributed by atoms with van der Waals surface area (Å²) in [7, 11) is -7.01. The van der Waals surface area contributed by atoms with Gasteiger partial charge < -0.3 is 13.7 Å². The molecule has 0 atom stereocenters. The normalized spacial score (nSPS) is 12.9. The first-order valence-electron chi connectivity index (χ1n) is 39.0. The first kappa shape index (κ1) is 75.1. The van der Waals surface area contributed by atoms with E-state index in [0.29, 0.717) is 0 Å². The first-order chi connectivity index (χ1) is 56.0. The fraction of sp³-hybridized carbons (Fsp3) is 0.0865. The molecule has 0 amide bonds. The maximum atomic E-state index is 13.1. The van der Waals surface area contributed by atoms with Crippen molar-refractivity contribution in [2.75, 3.05) is 53.3 Å². The molecule has 564 valence electrons. The van der Waals surface area contributed by atoms with Crippen molar-refractivity contribution in [3.05, 3.63) is 361 Å². The van der Waals surface area contributed by atoms with E-state index in [0.717, 1.165) is 92.6 Å². The van der Waals surface area contributed by atoms with Crippen molar-refractivity contribution in [3.8, 4) is 66.1 Å². The van der Waals surface area contributed by atoms with Gasteiger partial charge in [-0.3, -0.25) is 0 Å². The van der Waals surface area contributed by atoms with E-state index in [1.807, 2.05) is 116 Å². The summed E-state index contributed by atoms with van der Waals surface area (Å²) in [5.74, 6) is 0. The van der Waals surface area contributed by atoms with E-state index in [4.69, 9.17) is 9.97 Å². The van der Waals surface area contributed by atoms with Crippen molar-refractivity contribution in [1.29, 1.82) is 0 Å². The molecule has 15 aromatic carbocycles. The SMILES string of the molecule is C=P(C)(C)c1cccc(-c2cc3sc4ccsc4c3s2)c1.CP(C)(=O)c1ccc(-c2c3ccccc3nc3c2ccc2ccccc23)cc1.CP(C)(=O)c1cccc(-c2c3ccccc3nc3c2ccc2ccccc23)c1.CP(C)(=O)c1cccc(-c2cccc3c2-c2cc4ccccc4cc2C32c3ccccc3-c3ccccc32)c1. The third-order valence-electron chi connectivity index (χ3n) is 23.0. The Labute approximate surface area is 688 Å². The number of nitrogens with zero attached hydrogens (tertiary/aromatic N) is 2. The number of hydrogen-bond acceptors (Lipinski definition) is 8. The van der Waals surface area contributed by atoms with Crippen LogP contribution < -0.4 is 21.2 Å². The van der Waals surface area contributed by atoms with Gasteiger partial charge in [-0.2, -0.15) is 0 Å². The molecular weight excluding hydrogens is 1550 g/mol. The van der Waals surface area contributed by atoms with Crippen molar-refractivity contribution in [1.82, 2.24) is 9.97 Å². The zero-order valence-corrected chi connectivity index (χ0v) is 71.7. The van der Waals surface area contributed by atoms with Crippen LogP contribution in [0.4, 0.5) is 0 Å². The smallest absolute Gasteiger partial charge is 0.109 e. The summed E-state index contributed by atoms with van der Waals surface area (Å²) < 4.78 is 43.9. The number of fused-ring (bicyclic) bond motifs is 22. The van der Waals surface area contributed by atoms with Crippen molar-refractivity contribution in [3.63, 3.8) is 0 Å². The first-order valence-corrected chi connectivity index (χ1v) is 52.2. The molecule has 2 aliphatic rings. The summed E-state index contributed by atoms with van der Waals surface area (Å²) in [5, 5.41) is 18.0. The number of thiophene rings is 3. The van der Waals surface area contributed by atoms with Crippen LogP contribution in [0, 0.1) is 0 Å². The van der Waals surface area contributed by atoms with E-state index in [1.54, 1.807) is 0 Å². The summed E-state index contributed by atoms with van der Waals surface area (Å²) in [6.45, 7) is 14.3. The predicted octanol–water partition coefficient (Wildman–Crippen LogP) is 28.2. The van der Waals surface area contributed by atoms with Gasteiger partial charge in [-0.1, -0.05) is 292 Å². The van der Waals surface area contributed by atoms with Gasteiger partial charge in [0.15, 0.2) is 0 Å². The Morgan fingerprint density at radius 3 is 1.33 bits per heavy atom. The monoisotopic (exact) mass is 1630 g/mol. The molecule has 5 aromatic heterocycles. The van der Waals surface area contributed by atoms with Gasteiger partial charge in [0.1, 0.15) is 21.4 Å². The van der Waals surface area contributed by atoms with Gasteiger partial charge >= 0.3 is 0 Å². The Morgan fingerprint density at radius 2 is 0.750 bits per heavy atom. The standard InChI is InChI=1S/C37H27OP.2C25H20NOP.C17H15PS3/c1-39(2,38)27-14-9-13-26(21-27)28-17-10-20-34-36(28)31-22-24-11-3-4-12-25(24)23-35(31)37(34)32-18-7-5-15-29(32)30-16-6-8-19-33(30)37;1-28(2,27)19-10-7-9-18(16-19)24-21-12-5-6-13-23(21)26-25-20-11-4-3-8-17(20)14-15-22(24)25;1-28(2,27)19-14-11-18(12-15-19)24-21-9-5-6-10-23(21)26-25-20-8-4-3-7-17(20)13-16-22(24)25;1-18(2,3)12-6-4-5-11(9-12)14-10-15-17(21-14)16-13(20-15)7-8-19-16/h3-23H,1-2H3;2*3-16H,1-2H3;4-10H,1H2,2-3H3. The summed E-state index contributed by atoms with van der Waals surface area (Å²) in [5.41, 5.74) is 22.3. The number of pyridine rings is 2. The fourth-order valence-corrected chi connectivity index (χ4v) is 24.8. The van der Waals surface area contributed by atoms with Crippen LogP contribution in [0.3, 0.4) is 0 Å². The maximum Gasteiger partial charge on any atom is 0.109 e. The highest BCUT2D eigenvalue weighted by atomic mass is 32.1. The number of benzene rings is 15. The molecule has 0 bridgehead atoms. The molecule has 22 rings (SSSR count). The zero-order chi connectivity index (χ0) is 79.6. The third-order valence-corrected chi connectivity index (χ3v) is 32.9. The average molecular weight is 1630 g/mol. The molecule has 0 aliphatic heterocycles. The van der Waals surface area contributed by atoms with Gasteiger partial charge in [0.25, 0.3) is 0 Å². The second kappa shape index (κ2) is 29.3.